The van der Waals surface area contributed by atoms with Crippen molar-refractivity contribution in [3.63, 3.8) is 0 Å². The summed E-state index contributed by atoms with van der Waals surface area (Å²) >= 11 is 6.04. The van der Waals surface area contributed by atoms with Crippen LogP contribution in [0.3, 0.4) is 0 Å². The molecular formula is C29H34ClN3O3S. The van der Waals surface area contributed by atoms with E-state index in [9.17, 15) is 13.2 Å². The summed E-state index contributed by atoms with van der Waals surface area (Å²) in [6.45, 7) is 7.34. The first-order chi connectivity index (χ1) is 17.6. The van der Waals surface area contributed by atoms with E-state index in [2.05, 4.69) is 23.9 Å². The van der Waals surface area contributed by atoms with E-state index < -0.39 is 15.4 Å². The first kappa shape index (κ1) is 27.2. The Kier molecular flexibility index (Phi) is 8.26. The van der Waals surface area contributed by atoms with Crippen molar-refractivity contribution in [2.45, 2.75) is 49.8 Å². The maximum Gasteiger partial charge on any atom is 0.321 e. The van der Waals surface area contributed by atoms with Crippen molar-refractivity contribution < 1.29 is 13.2 Å². The summed E-state index contributed by atoms with van der Waals surface area (Å²) < 4.78 is 29.2. The minimum Gasteiger partial charge on any atom is -0.324 e. The molecule has 0 saturated carbocycles. The molecule has 1 aliphatic heterocycles. The first-order valence-corrected chi connectivity index (χ1v) is 14.4. The minimum absolute atomic E-state index is 0.169. The molecule has 1 aliphatic rings. The van der Waals surface area contributed by atoms with E-state index in [0.717, 1.165) is 22.4 Å². The number of rotatable bonds is 7. The molecule has 37 heavy (non-hydrogen) atoms. The van der Waals surface area contributed by atoms with Crippen LogP contribution >= 0.6 is 11.6 Å². The molecule has 1 fully saturated rings. The zero-order valence-electron chi connectivity index (χ0n) is 21.5. The van der Waals surface area contributed by atoms with Gasteiger partial charge in [-0.05, 0) is 72.7 Å². The van der Waals surface area contributed by atoms with Gasteiger partial charge in [-0.25, -0.2) is 17.9 Å². The number of nitrogens with zero attached hydrogens (tertiary/aromatic N) is 1. The van der Waals surface area contributed by atoms with Crippen molar-refractivity contribution in [2.75, 3.05) is 25.0 Å². The predicted molar refractivity (Wildman–Crippen MR) is 150 cm³/mol. The number of sulfonamides is 1. The number of halogens is 1. The summed E-state index contributed by atoms with van der Waals surface area (Å²) in [5, 5.41) is 3.61. The normalized spacial score (nSPS) is 15.5. The second kappa shape index (κ2) is 11.3. The SMILES string of the molecule is Cc1cc(Cl)ccc1NC(=O)N1CCC(CNS(=O)(=O)c2ccc(C(C)C)cc2)(c2ccccc2)CC1. The van der Waals surface area contributed by atoms with Gasteiger partial charge in [0.25, 0.3) is 0 Å². The van der Waals surface area contributed by atoms with Crippen LogP contribution in [0.5, 0.6) is 0 Å². The highest BCUT2D eigenvalue weighted by atomic mass is 35.5. The van der Waals surface area contributed by atoms with E-state index in [1.165, 1.54) is 0 Å². The third kappa shape index (κ3) is 6.35. The molecule has 1 saturated heterocycles. The first-order valence-electron chi connectivity index (χ1n) is 12.6. The smallest absolute Gasteiger partial charge is 0.321 e. The highest BCUT2D eigenvalue weighted by Crippen LogP contribution is 2.36. The zero-order chi connectivity index (χ0) is 26.6. The Hall–Kier alpha value is -2.87. The number of hydrogen-bond acceptors (Lipinski definition) is 3. The summed E-state index contributed by atoms with van der Waals surface area (Å²) in [6.07, 6.45) is 1.28. The molecule has 8 heteroatoms. The van der Waals surface area contributed by atoms with Crippen molar-refractivity contribution >= 4 is 33.3 Å². The van der Waals surface area contributed by atoms with Crippen LogP contribution in [0.15, 0.2) is 77.7 Å². The lowest BCUT2D eigenvalue weighted by Crippen LogP contribution is -2.51. The number of piperidine rings is 1. The fourth-order valence-electron chi connectivity index (χ4n) is 4.81. The Balaban J connectivity index is 1.48. The number of aryl methyl sites for hydroxylation is 1. The molecule has 3 aromatic carbocycles. The number of carbonyl (C=O) groups excluding carboxylic acids is 1. The number of anilines is 1. The van der Waals surface area contributed by atoms with Crippen molar-refractivity contribution in [1.29, 1.82) is 0 Å². The van der Waals surface area contributed by atoms with E-state index >= 15 is 0 Å². The van der Waals surface area contributed by atoms with Gasteiger partial charge in [0, 0.05) is 35.8 Å². The predicted octanol–water partition coefficient (Wildman–Crippen LogP) is 6.32. The fourth-order valence-corrected chi connectivity index (χ4v) is 6.16. The maximum absolute atomic E-state index is 13.2. The van der Waals surface area contributed by atoms with Gasteiger partial charge in [-0.1, -0.05) is 67.9 Å². The van der Waals surface area contributed by atoms with Gasteiger partial charge in [0.05, 0.1) is 4.90 Å². The van der Waals surface area contributed by atoms with Crippen LogP contribution in [0, 0.1) is 6.92 Å². The average molecular weight is 540 g/mol. The van der Waals surface area contributed by atoms with Crippen LogP contribution < -0.4 is 10.0 Å². The lowest BCUT2D eigenvalue weighted by molar-refractivity contribution is 0.168. The zero-order valence-corrected chi connectivity index (χ0v) is 23.1. The molecule has 0 spiro atoms. The Morgan fingerprint density at radius 3 is 2.24 bits per heavy atom. The number of amides is 2. The Labute approximate surface area is 225 Å². The second-order valence-corrected chi connectivity index (χ2v) is 12.3. The quantitative estimate of drug-likeness (QED) is 0.369. The van der Waals surface area contributed by atoms with Crippen LogP contribution in [-0.4, -0.2) is 39.0 Å². The largest absolute Gasteiger partial charge is 0.324 e. The molecule has 2 amide bonds. The van der Waals surface area contributed by atoms with E-state index in [1.807, 2.05) is 55.5 Å². The molecule has 6 nitrogen and oxygen atoms in total. The van der Waals surface area contributed by atoms with Crippen LogP contribution in [0.4, 0.5) is 10.5 Å². The van der Waals surface area contributed by atoms with Gasteiger partial charge in [-0.15, -0.1) is 0 Å². The number of carbonyl (C=O) groups is 1. The highest BCUT2D eigenvalue weighted by Gasteiger charge is 2.38. The molecule has 0 unspecified atom stereocenters. The number of hydrogen-bond donors (Lipinski definition) is 2. The molecular weight excluding hydrogens is 506 g/mol. The molecule has 2 N–H and O–H groups in total. The van der Waals surface area contributed by atoms with Crippen LogP contribution in [-0.2, 0) is 15.4 Å². The number of likely N-dealkylation sites (tertiary alicyclic amines) is 1. The molecule has 1 heterocycles. The summed E-state index contributed by atoms with van der Waals surface area (Å²) in [7, 11) is -3.68. The molecule has 0 bridgehead atoms. The van der Waals surface area contributed by atoms with E-state index in [-0.39, 0.29) is 17.5 Å². The summed E-state index contributed by atoms with van der Waals surface area (Å²) in [5.41, 5.74) is 3.37. The average Bonchev–Trinajstić information content (AvgIpc) is 2.90. The molecule has 196 valence electrons. The van der Waals surface area contributed by atoms with E-state index in [4.69, 9.17) is 11.6 Å². The van der Waals surface area contributed by atoms with Crippen molar-refractivity contribution in [3.8, 4) is 0 Å². The molecule has 0 aliphatic carbocycles. The Morgan fingerprint density at radius 1 is 1.00 bits per heavy atom. The topological polar surface area (TPSA) is 78.5 Å². The van der Waals surface area contributed by atoms with Crippen molar-refractivity contribution in [1.82, 2.24) is 9.62 Å². The molecule has 0 radical (unpaired) electrons. The van der Waals surface area contributed by atoms with E-state index in [0.29, 0.717) is 36.9 Å². The van der Waals surface area contributed by atoms with Crippen LogP contribution in [0.2, 0.25) is 5.02 Å². The lowest BCUT2D eigenvalue weighted by Gasteiger charge is -2.42. The third-order valence-corrected chi connectivity index (χ3v) is 8.93. The van der Waals surface area contributed by atoms with Crippen LogP contribution in [0.25, 0.3) is 0 Å². The number of benzene rings is 3. The summed E-state index contributed by atoms with van der Waals surface area (Å²) in [6, 6.07) is 22.2. The maximum atomic E-state index is 13.2. The molecule has 0 aromatic heterocycles. The third-order valence-electron chi connectivity index (χ3n) is 7.28. The molecule has 4 rings (SSSR count). The fraction of sp³-hybridized carbons (Fsp3) is 0.345. The van der Waals surface area contributed by atoms with Gasteiger partial charge in [0.1, 0.15) is 0 Å². The highest BCUT2D eigenvalue weighted by molar-refractivity contribution is 7.89. The number of nitrogens with one attached hydrogen (secondary N) is 2. The van der Waals surface area contributed by atoms with Gasteiger partial charge in [0.15, 0.2) is 0 Å². The lowest BCUT2D eigenvalue weighted by atomic mass is 9.73. The van der Waals surface area contributed by atoms with Gasteiger partial charge in [-0.2, -0.15) is 0 Å². The monoisotopic (exact) mass is 539 g/mol. The van der Waals surface area contributed by atoms with Gasteiger partial charge in [0.2, 0.25) is 10.0 Å². The van der Waals surface area contributed by atoms with Crippen molar-refractivity contribution in [2.24, 2.45) is 0 Å². The van der Waals surface area contributed by atoms with E-state index in [1.54, 1.807) is 29.2 Å². The standard InChI is InChI=1S/C29H34ClN3O3S/c1-21(2)23-9-12-26(13-10-23)37(35,36)31-20-29(24-7-5-4-6-8-24)15-17-33(18-16-29)28(34)32-27-14-11-25(30)19-22(27)3/h4-14,19,21,31H,15-18,20H2,1-3H3,(H,32,34). The second-order valence-electron chi connectivity index (χ2n) is 10.1. The molecule has 0 atom stereocenters. The number of urea groups is 1. The Bertz CT molecular complexity index is 1330. The van der Waals surface area contributed by atoms with Gasteiger partial charge in [-0.3, -0.25) is 0 Å². The summed E-state index contributed by atoms with van der Waals surface area (Å²) in [4.78, 5) is 15.0. The van der Waals surface area contributed by atoms with Gasteiger partial charge >= 0.3 is 6.03 Å². The van der Waals surface area contributed by atoms with Gasteiger partial charge < -0.3 is 10.2 Å². The minimum atomic E-state index is -3.68. The molecule has 3 aromatic rings. The van der Waals surface area contributed by atoms with Crippen LogP contribution in [0.1, 0.15) is 49.3 Å². The summed E-state index contributed by atoms with van der Waals surface area (Å²) in [5.74, 6) is 0.331. The Morgan fingerprint density at radius 2 is 1.65 bits per heavy atom. The van der Waals surface area contributed by atoms with Crippen molar-refractivity contribution in [3.05, 3.63) is 94.5 Å².